The minimum absolute atomic E-state index is 0.0672. The van der Waals surface area contributed by atoms with Gasteiger partial charge in [-0.05, 0) is 36.6 Å². The molecule has 0 radical (unpaired) electrons. The van der Waals surface area contributed by atoms with E-state index in [2.05, 4.69) is 29.4 Å². The van der Waals surface area contributed by atoms with E-state index in [0.717, 1.165) is 33.5 Å². The number of benzene rings is 1. The molecule has 0 amide bonds. The molecule has 0 aliphatic rings. The molecule has 1 rings (SSSR count). The van der Waals surface area contributed by atoms with Gasteiger partial charge in [0.15, 0.2) is 0 Å². The van der Waals surface area contributed by atoms with Gasteiger partial charge in [0.2, 0.25) is 0 Å². The predicted octanol–water partition coefficient (Wildman–Crippen LogP) is 4.46. The van der Waals surface area contributed by atoms with Gasteiger partial charge in [0.05, 0.1) is 0 Å². The molecule has 1 unspecified atom stereocenters. The molecule has 0 saturated heterocycles. The third-order valence-corrected chi connectivity index (χ3v) is 3.20. The Bertz CT molecular complexity index is 363. The number of rotatable bonds is 4. The van der Waals surface area contributed by atoms with Gasteiger partial charge in [-0.2, -0.15) is 0 Å². The van der Waals surface area contributed by atoms with Crippen LogP contribution in [0, 0.1) is 0 Å². The van der Waals surface area contributed by atoms with Crippen LogP contribution < -0.4 is 5.73 Å². The van der Waals surface area contributed by atoms with Crippen LogP contribution in [-0.4, -0.2) is 0 Å². The highest BCUT2D eigenvalue weighted by molar-refractivity contribution is 9.10. The standard InChI is InChI=1S/C12H15BrClN/c1-3-8(2)6-12(15)10-7-9(13)4-5-11(10)14/h4-5,7,12H,2-3,6,15H2,1H3. The van der Waals surface area contributed by atoms with Gasteiger partial charge in [-0.1, -0.05) is 46.6 Å². The van der Waals surface area contributed by atoms with Crippen molar-refractivity contribution in [1.29, 1.82) is 0 Å². The van der Waals surface area contributed by atoms with Crippen molar-refractivity contribution in [2.45, 2.75) is 25.8 Å². The monoisotopic (exact) mass is 287 g/mol. The van der Waals surface area contributed by atoms with Crippen molar-refractivity contribution in [1.82, 2.24) is 0 Å². The van der Waals surface area contributed by atoms with Gasteiger partial charge < -0.3 is 5.73 Å². The van der Waals surface area contributed by atoms with E-state index in [1.54, 1.807) is 0 Å². The molecule has 1 aromatic carbocycles. The summed E-state index contributed by atoms with van der Waals surface area (Å²) in [5.74, 6) is 0. The molecule has 0 saturated carbocycles. The molecule has 3 heteroatoms. The Labute approximate surface area is 104 Å². The molecule has 82 valence electrons. The van der Waals surface area contributed by atoms with E-state index in [-0.39, 0.29) is 6.04 Å². The molecule has 0 aromatic heterocycles. The van der Waals surface area contributed by atoms with Crippen molar-refractivity contribution < 1.29 is 0 Å². The van der Waals surface area contributed by atoms with E-state index in [4.69, 9.17) is 17.3 Å². The fourth-order valence-corrected chi connectivity index (χ4v) is 2.00. The highest BCUT2D eigenvalue weighted by atomic mass is 79.9. The summed E-state index contributed by atoms with van der Waals surface area (Å²) < 4.78 is 1.000. The second-order valence-electron chi connectivity index (χ2n) is 3.58. The third kappa shape index (κ3) is 3.63. The van der Waals surface area contributed by atoms with Crippen LogP contribution in [0.4, 0.5) is 0 Å². The van der Waals surface area contributed by atoms with E-state index >= 15 is 0 Å². The van der Waals surface area contributed by atoms with Crippen LogP contribution in [0.3, 0.4) is 0 Å². The fraction of sp³-hybridized carbons (Fsp3) is 0.333. The van der Waals surface area contributed by atoms with Crippen LogP contribution in [0.25, 0.3) is 0 Å². The van der Waals surface area contributed by atoms with Crippen LogP contribution in [0.15, 0.2) is 34.8 Å². The van der Waals surface area contributed by atoms with Crippen LogP contribution in [0.2, 0.25) is 5.02 Å². The summed E-state index contributed by atoms with van der Waals surface area (Å²) in [5, 5.41) is 0.717. The topological polar surface area (TPSA) is 26.0 Å². The van der Waals surface area contributed by atoms with Crippen molar-refractivity contribution in [3.05, 3.63) is 45.4 Å². The van der Waals surface area contributed by atoms with Crippen LogP contribution in [0.5, 0.6) is 0 Å². The zero-order valence-corrected chi connectivity index (χ0v) is 11.1. The summed E-state index contributed by atoms with van der Waals surface area (Å²) in [5.41, 5.74) is 8.20. The molecule has 0 spiro atoms. The van der Waals surface area contributed by atoms with E-state index < -0.39 is 0 Å². The zero-order valence-electron chi connectivity index (χ0n) is 8.76. The second-order valence-corrected chi connectivity index (χ2v) is 4.90. The highest BCUT2D eigenvalue weighted by Crippen LogP contribution is 2.28. The third-order valence-electron chi connectivity index (χ3n) is 2.37. The van der Waals surface area contributed by atoms with Gasteiger partial charge >= 0.3 is 0 Å². The molecule has 1 nitrogen and oxygen atoms in total. The second kappa shape index (κ2) is 5.69. The van der Waals surface area contributed by atoms with Gasteiger partial charge in [0, 0.05) is 15.5 Å². The Hall–Kier alpha value is -0.310. The summed E-state index contributed by atoms with van der Waals surface area (Å²) in [6, 6.07) is 5.67. The lowest BCUT2D eigenvalue weighted by Crippen LogP contribution is -2.11. The molecular weight excluding hydrogens is 273 g/mol. The van der Waals surface area contributed by atoms with Crippen molar-refractivity contribution in [2.75, 3.05) is 0 Å². The Balaban J connectivity index is 2.85. The van der Waals surface area contributed by atoms with Crippen molar-refractivity contribution in [3.63, 3.8) is 0 Å². The van der Waals surface area contributed by atoms with E-state index in [1.807, 2.05) is 18.2 Å². The van der Waals surface area contributed by atoms with Crippen LogP contribution >= 0.6 is 27.5 Å². The molecule has 2 N–H and O–H groups in total. The lowest BCUT2D eigenvalue weighted by Gasteiger charge is -2.15. The fourth-order valence-electron chi connectivity index (χ4n) is 1.36. The molecule has 1 aromatic rings. The van der Waals surface area contributed by atoms with E-state index in [9.17, 15) is 0 Å². The van der Waals surface area contributed by atoms with Crippen molar-refractivity contribution >= 4 is 27.5 Å². The number of hydrogen-bond acceptors (Lipinski definition) is 1. The van der Waals surface area contributed by atoms with Gasteiger partial charge in [0.25, 0.3) is 0 Å². The average Bonchev–Trinajstić information content (AvgIpc) is 2.21. The molecule has 1 atom stereocenters. The first-order valence-corrected chi connectivity index (χ1v) is 6.08. The first-order valence-electron chi connectivity index (χ1n) is 4.91. The average molecular weight is 289 g/mol. The lowest BCUT2D eigenvalue weighted by molar-refractivity contribution is 0.701. The van der Waals surface area contributed by atoms with Gasteiger partial charge in [-0.15, -0.1) is 0 Å². The Kier molecular flexibility index (Phi) is 4.84. The molecule has 0 aliphatic heterocycles. The highest BCUT2D eigenvalue weighted by Gasteiger charge is 2.11. The van der Waals surface area contributed by atoms with E-state index in [0.29, 0.717) is 0 Å². The SMILES string of the molecule is C=C(CC)CC(N)c1cc(Br)ccc1Cl. The summed E-state index contributed by atoms with van der Waals surface area (Å²) in [6.07, 6.45) is 1.74. The van der Waals surface area contributed by atoms with Crippen LogP contribution in [-0.2, 0) is 0 Å². The maximum absolute atomic E-state index is 6.09. The summed E-state index contributed by atoms with van der Waals surface area (Å²) >= 11 is 9.50. The van der Waals surface area contributed by atoms with Crippen molar-refractivity contribution in [2.24, 2.45) is 5.73 Å². The Morgan fingerprint density at radius 2 is 2.27 bits per heavy atom. The Morgan fingerprint density at radius 3 is 2.87 bits per heavy atom. The molecule has 0 bridgehead atoms. The van der Waals surface area contributed by atoms with Crippen molar-refractivity contribution in [3.8, 4) is 0 Å². The molecule has 15 heavy (non-hydrogen) atoms. The number of halogens is 2. The summed E-state index contributed by atoms with van der Waals surface area (Å²) in [6.45, 7) is 6.04. The largest absolute Gasteiger partial charge is 0.324 e. The first kappa shape index (κ1) is 12.8. The first-order chi connectivity index (χ1) is 7.04. The van der Waals surface area contributed by atoms with Gasteiger partial charge in [0.1, 0.15) is 0 Å². The number of hydrogen-bond donors (Lipinski definition) is 1. The lowest BCUT2D eigenvalue weighted by atomic mass is 9.99. The van der Waals surface area contributed by atoms with Crippen LogP contribution in [0.1, 0.15) is 31.4 Å². The quantitative estimate of drug-likeness (QED) is 0.813. The molecule has 0 heterocycles. The predicted molar refractivity (Wildman–Crippen MR) is 70.1 cm³/mol. The normalized spacial score (nSPS) is 12.5. The zero-order chi connectivity index (χ0) is 11.4. The number of nitrogens with two attached hydrogens (primary N) is 1. The Morgan fingerprint density at radius 1 is 1.60 bits per heavy atom. The molecular formula is C12H15BrClN. The maximum Gasteiger partial charge on any atom is 0.0454 e. The molecule has 0 aliphatic carbocycles. The molecule has 0 fully saturated rings. The summed E-state index contributed by atoms with van der Waals surface area (Å²) in [4.78, 5) is 0. The smallest absolute Gasteiger partial charge is 0.0454 e. The minimum atomic E-state index is -0.0672. The summed E-state index contributed by atoms with van der Waals surface area (Å²) in [7, 11) is 0. The minimum Gasteiger partial charge on any atom is -0.324 e. The van der Waals surface area contributed by atoms with Gasteiger partial charge in [-0.25, -0.2) is 0 Å². The van der Waals surface area contributed by atoms with E-state index in [1.165, 1.54) is 0 Å². The van der Waals surface area contributed by atoms with Gasteiger partial charge in [-0.3, -0.25) is 0 Å². The maximum atomic E-state index is 6.09.